The lowest BCUT2D eigenvalue weighted by Gasteiger charge is -2.11. The van der Waals surface area contributed by atoms with Gasteiger partial charge in [-0.3, -0.25) is 0 Å². The van der Waals surface area contributed by atoms with Gasteiger partial charge in [0.2, 0.25) is 10.0 Å². The van der Waals surface area contributed by atoms with Crippen LogP contribution in [0, 0.1) is 11.3 Å². The fraction of sp³-hybridized carbons (Fsp3) is 0.154. The van der Waals surface area contributed by atoms with Crippen molar-refractivity contribution in [2.75, 3.05) is 7.11 Å². The van der Waals surface area contributed by atoms with E-state index in [1.807, 2.05) is 6.07 Å². The number of nitrogens with zero attached hydrogens (tertiary/aromatic N) is 1. The Morgan fingerprint density at radius 3 is 2.76 bits per heavy atom. The molecule has 0 bridgehead atoms. The Bertz CT molecular complexity index is 794. The van der Waals surface area contributed by atoms with Crippen LogP contribution in [-0.4, -0.2) is 15.5 Å². The van der Waals surface area contributed by atoms with Gasteiger partial charge in [0.15, 0.2) is 0 Å². The highest BCUT2D eigenvalue weighted by molar-refractivity contribution is 7.91. The van der Waals surface area contributed by atoms with Gasteiger partial charge in [0.25, 0.3) is 0 Å². The van der Waals surface area contributed by atoms with Crippen LogP contribution in [0.5, 0.6) is 5.75 Å². The second-order valence-corrected chi connectivity index (χ2v) is 7.46. The second-order valence-electron chi connectivity index (χ2n) is 3.98. The number of nitrogens with one attached hydrogen (secondary N) is 1. The van der Waals surface area contributed by atoms with Gasteiger partial charge in [0.1, 0.15) is 20.9 Å². The summed E-state index contributed by atoms with van der Waals surface area (Å²) in [6, 6.07) is 9.85. The van der Waals surface area contributed by atoms with Crippen molar-refractivity contribution in [2.45, 2.75) is 10.8 Å². The van der Waals surface area contributed by atoms with E-state index in [4.69, 9.17) is 21.6 Å². The Balaban J connectivity index is 2.22. The Hall–Kier alpha value is -1.59. The van der Waals surface area contributed by atoms with Gasteiger partial charge < -0.3 is 4.74 Å². The van der Waals surface area contributed by atoms with E-state index in [-0.39, 0.29) is 10.8 Å². The highest BCUT2D eigenvalue weighted by Gasteiger charge is 2.18. The summed E-state index contributed by atoms with van der Waals surface area (Å²) in [5.41, 5.74) is 0.558. The minimum absolute atomic E-state index is 0.00493. The molecule has 0 radical (unpaired) electrons. The Labute approximate surface area is 131 Å². The van der Waals surface area contributed by atoms with E-state index >= 15 is 0 Å². The lowest BCUT2D eigenvalue weighted by molar-refractivity contribution is 0.409. The largest absolute Gasteiger partial charge is 0.496 e. The maximum absolute atomic E-state index is 12.2. The number of halogens is 1. The van der Waals surface area contributed by atoms with Crippen LogP contribution in [0.1, 0.15) is 10.4 Å². The molecular formula is C13H11ClN2O3S2. The molecule has 0 saturated heterocycles. The van der Waals surface area contributed by atoms with E-state index in [2.05, 4.69) is 4.72 Å². The molecule has 21 heavy (non-hydrogen) atoms. The minimum Gasteiger partial charge on any atom is -0.496 e. The first kappa shape index (κ1) is 15.8. The number of sulfonamides is 1. The van der Waals surface area contributed by atoms with Gasteiger partial charge in [-0.25, -0.2) is 13.1 Å². The third-order valence-electron chi connectivity index (χ3n) is 2.69. The van der Waals surface area contributed by atoms with E-state index in [9.17, 15) is 8.42 Å². The van der Waals surface area contributed by atoms with Crippen molar-refractivity contribution in [1.29, 1.82) is 5.26 Å². The molecule has 1 aromatic heterocycles. The number of rotatable bonds is 5. The first-order valence-corrected chi connectivity index (χ1v) is 8.46. The van der Waals surface area contributed by atoms with Crippen LogP contribution < -0.4 is 9.46 Å². The van der Waals surface area contributed by atoms with Gasteiger partial charge in [-0.05, 0) is 24.3 Å². The molecule has 8 heteroatoms. The van der Waals surface area contributed by atoms with Crippen molar-refractivity contribution in [3.8, 4) is 11.8 Å². The topological polar surface area (TPSA) is 79.2 Å². The molecule has 0 aliphatic heterocycles. The van der Waals surface area contributed by atoms with Gasteiger partial charge in [0, 0.05) is 17.1 Å². The summed E-state index contributed by atoms with van der Waals surface area (Å²) in [7, 11) is -2.20. The summed E-state index contributed by atoms with van der Waals surface area (Å²) in [4.78, 5) is 0.339. The molecule has 0 amide bonds. The zero-order valence-corrected chi connectivity index (χ0v) is 13.3. The van der Waals surface area contributed by atoms with Crippen LogP contribution in [-0.2, 0) is 16.6 Å². The van der Waals surface area contributed by atoms with E-state index in [0.29, 0.717) is 21.2 Å². The molecule has 1 N–H and O–H groups in total. The number of benzene rings is 1. The lowest BCUT2D eigenvalue weighted by atomic mass is 10.2. The van der Waals surface area contributed by atoms with Crippen LogP contribution in [0.25, 0.3) is 0 Å². The molecule has 0 atom stereocenters. The molecule has 110 valence electrons. The van der Waals surface area contributed by atoms with Crippen LogP contribution in [0.3, 0.4) is 0 Å². The third-order valence-corrected chi connectivity index (χ3v) is 5.93. The summed E-state index contributed by atoms with van der Waals surface area (Å²) < 4.78 is 32.0. The normalized spacial score (nSPS) is 11.1. The molecule has 2 rings (SSSR count). The van der Waals surface area contributed by atoms with Crippen molar-refractivity contribution in [3.05, 3.63) is 45.8 Å². The Morgan fingerprint density at radius 1 is 1.38 bits per heavy atom. The zero-order chi connectivity index (χ0) is 15.5. The molecule has 5 nitrogen and oxygen atoms in total. The molecule has 0 aliphatic rings. The monoisotopic (exact) mass is 342 g/mol. The van der Waals surface area contributed by atoms with Gasteiger partial charge in [-0.15, -0.1) is 11.3 Å². The predicted octanol–water partition coefficient (Wildman–Crippen LogP) is 2.76. The first-order chi connectivity index (χ1) is 9.97. The van der Waals surface area contributed by atoms with E-state index < -0.39 is 10.0 Å². The average molecular weight is 343 g/mol. The second kappa shape index (κ2) is 6.45. The van der Waals surface area contributed by atoms with E-state index in [1.54, 1.807) is 18.2 Å². The standard InChI is InChI=1S/C13H11ClN2O3S2/c1-19-12-4-2-3-11(14)10(12)8-16-21(17,18)13-6-5-9(7-15)20-13/h2-6,16H,8H2,1H3. The van der Waals surface area contributed by atoms with Crippen molar-refractivity contribution in [1.82, 2.24) is 4.72 Å². The number of thiophene rings is 1. The highest BCUT2D eigenvalue weighted by atomic mass is 35.5. The minimum atomic E-state index is -3.69. The Kier molecular flexibility index (Phi) is 4.85. The van der Waals surface area contributed by atoms with E-state index in [0.717, 1.165) is 11.3 Å². The SMILES string of the molecule is COc1cccc(Cl)c1CNS(=O)(=O)c1ccc(C#N)s1. The molecule has 0 saturated carbocycles. The van der Waals surface area contributed by atoms with Gasteiger partial charge >= 0.3 is 0 Å². The fourth-order valence-corrected chi connectivity index (χ4v) is 4.04. The molecule has 0 fully saturated rings. The smallest absolute Gasteiger partial charge is 0.250 e. The van der Waals surface area contributed by atoms with Gasteiger partial charge in [-0.1, -0.05) is 17.7 Å². The summed E-state index contributed by atoms with van der Waals surface area (Å²) >= 11 is 6.97. The predicted molar refractivity (Wildman–Crippen MR) is 81.1 cm³/mol. The van der Waals surface area contributed by atoms with Crippen molar-refractivity contribution in [3.63, 3.8) is 0 Å². The van der Waals surface area contributed by atoms with Crippen molar-refractivity contribution >= 4 is 33.0 Å². The fourth-order valence-electron chi connectivity index (χ4n) is 1.66. The molecule has 0 aliphatic carbocycles. The molecule has 1 heterocycles. The van der Waals surface area contributed by atoms with Crippen LogP contribution in [0.15, 0.2) is 34.5 Å². The van der Waals surface area contributed by atoms with Crippen LogP contribution >= 0.6 is 22.9 Å². The molecule has 0 unspecified atom stereocenters. The van der Waals surface area contributed by atoms with Crippen molar-refractivity contribution < 1.29 is 13.2 Å². The number of hydrogen-bond acceptors (Lipinski definition) is 5. The third kappa shape index (κ3) is 3.54. The van der Waals surface area contributed by atoms with E-state index in [1.165, 1.54) is 19.2 Å². The molecule has 1 aromatic carbocycles. The number of hydrogen-bond donors (Lipinski definition) is 1. The summed E-state index contributed by atoms with van der Waals surface area (Å²) in [6.45, 7) is 0.00493. The van der Waals surface area contributed by atoms with Gasteiger partial charge in [0.05, 0.1) is 7.11 Å². The summed E-state index contributed by atoms with van der Waals surface area (Å²) in [5, 5.41) is 9.16. The van der Waals surface area contributed by atoms with Crippen molar-refractivity contribution in [2.24, 2.45) is 0 Å². The number of ether oxygens (including phenoxy) is 1. The zero-order valence-electron chi connectivity index (χ0n) is 11.0. The molecule has 0 spiro atoms. The quantitative estimate of drug-likeness (QED) is 0.906. The Morgan fingerprint density at radius 2 is 2.14 bits per heavy atom. The maximum atomic E-state index is 12.2. The van der Waals surface area contributed by atoms with Gasteiger partial charge in [-0.2, -0.15) is 5.26 Å². The maximum Gasteiger partial charge on any atom is 0.250 e. The average Bonchev–Trinajstić information content (AvgIpc) is 2.95. The van der Waals surface area contributed by atoms with Crippen LogP contribution in [0.4, 0.5) is 0 Å². The van der Waals surface area contributed by atoms with Crippen LogP contribution in [0.2, 0.25) is 5.02 Å². The highest BCUT2D eigenvalue weighted by Crippen LogP contribution is 2.27. The number of methoxy groups -OCH3 is 1. The first-order valence-electron chi connectivity index (χ1n) is 5.79. The summed E-state index contributed by atoms with van der Waals surface area (Å²) in [6.07, 6.45) is 0. The lowest BCUT2D eigenvalue weighted by Crippen LogP contribution is -2.22. The summed E-state index contributed by atoms with van der Waals surface area (Å²) in [5.74, 6) is 0.508. The molecular weight excluding hydrogens is 332 g/mol. The molecule has 2 aromatic rings. The number of nitriles is 1.